The van der Waals surface area contributed by atoms with Gasteiger partial charge in [-0.2, -0.15) is 0 Å². The van der Waals surface area contributed by atoms with E-state index in [1.54, 1.807) is 0 Å². The number of aromatic nitrogens is 1. The highest BCUT2D eigenvalue weighted by molar-refractivity contribution is 5.76. The number of hydrogen-bond donors (Lipinski definition) is 1. The molecule has 1 aliphatic rings. The predicted octanol–water partition coefficient (Wildman–Crippen LogP) is 2.73. The zero-order valence-corrected chi connectivity index (χ0v) is 9.44. The van der Waals surface area contributed by atoms with Crippen molar-refractivity contribution in [3.05, 3.63) is 29.7 Å². The van der Waals surface area contributed by atoms with Crippen LogP contribution >= 0.6 is 0 Å². The standard InChI is InChI=1S/C13H16N2O/c1-8-4-2-7-11-12(8)15-13(16-11)9-5-3-6-10(9)14/h2,4,7,9-10H,3,5-6,14H2,1H3. The molecule has 0 bridgehead atoms. The average molecular weight is 216 g/mol. The van der Waals surface area contributed by atoms with Gasteiger partial charge in [0.2, 0.25) is 0 Å². The van der Waals surface area contributed by atoms with E-state index in [1.807, 2.05) is 12.1 Å². The lowest BCUT2D eigenvalue weighted by molar-refractivity contribution is 0.449. The Hall–Kier alpha value is -1.35. The van der Waals surface area contributed by atoms with Crippen molar-refractivity contribution in [2.75, 3.05) is 0 Å². The molecule has 0 amide bonds. The number of nitrogens with zero attached hydrogens (tertiary/aromatic N) is 1. The fraction of sp³-hybridized carbons (Fsp3) is 0.462. The van der Waals surface area contributed by atoms with Gasteiger partial charge in [-0.05, 0) is 31.4 Å². The van der Waals surface area contributed by atoms with Crippen LogP contribution in [0, 0.1) is 6.92 Å². The lowest BCUT2D eigenvalue weighted by Gasteiger charge is -2.09. The fourth-order valence-corrected chi connectivity index (χ4v) is 2.56. The highest BCUT2D eigenvalue weighted by Gasteiger charge is 2.29. The third kappa shape index (κ3) is 1.43. The van der Waals surface area contributed by atoms with Crippen LogP contribution in [-0.2, 0) is 0 Å². The fourth-order valence-electron chi connectivity index (χ4n) is 2.56. The maximum absolute atomic E-state index is 6.07. The van der Waals surface area contributed by atoms with Crippen LogP contribution in [0.3, 0.4) is 0 Å². The summed E-state index contributed by atoms with van der Waals surface area (Å²) in [6, 6.07) is 6.25. The van der Waals surface area contributed by atoms with E-state index >= 15 is 0 Å². The first-order chi connectivity index (χ1) is 7.75. The predicted molar refractivity (Wildman–Crippen MR) is 63.3 cm³/mol. The summed E-state index contributed by atoms with van der Waals surface area (Å²) < 4.78 is 5.81. The number of aryl methyl sites for hydroxylation is 1. The Morgan fingerprint density at radius 2 is 2.25 bits per heavy atom. The van der Waals surface area contributed by atoms with E-state index < -0.39 is 0 Å². The highest BCUT2D eigenvalue weighted by Crippen LogP contribution is 2.34. The summed E-state index contributed by atoms with van der Waals surface area (Å²) >= 11 is 0. The third-order valence-corrected chi connectivity index (χ3v) is 3.52. The zero-order chi connectivity index (χ0) is 11.1. The van der Waals surface area contributed by atoms with Gasteiger partial charge in [-0.1, -0.05) is 18.6 Å². The number of nitrogens with two attached hydrogens (primary N) is 1. The summed E-state index contributed by atoms with van der Waals surface area (Å²) in [5.74, 6) is 1.14. The monoisotopic (exact) mass is 216 g/mol. The van der Waals surface area contributed by atoms with Gasteiger partial charge in [-0.25, -0.2) is 4.98 Å². The van der Waals surface area contributed by atoms with Gasteiger partial charge in [-0.15, -0.1) is 0 Å². The molecule has 1 aromatic carbocycles. The van der Waals surface area contributed by atoms with E-state index in [1.165, 1.54) is 12.0 Å². The molecule has 3 rings (SSSR count). The molecule has 0 radical (unpaired) electrons. The van der Waals surface area contributed by atoms with Gasteiger partial charge in [0.1, 0.15) is 5.52 Å². The minimum atomic E-state index is 0.216. The molecule has 0 aliphatic heterocycles. The molecule has 0 spiro atoms. The first-order valence-electron chi connectivity index (χ1n) is 5.87. The molecular weight excluding hydrogens is 200 g/mol. The Balaban J connectivity index is 2.08. The van der Waals surface area contributed by atoms with Crippen molar-refractivity contribution in [1.82, 2.24) is 4.98 Å². The third-order valence-electron chi connectivity index (χ3n) is 3.52. The molecule has 1 fully saturated rings. The Morgan fingerprint density at radius 1 is 1.38 bits per heavy atom. The number of oxazole rings is 1. The van der Waals surface area contributed by atoms with Crippen LogP contribution in [0.4, 0.5) is 0 Å². The molecule has 16 heavy (non-hydrogen) atoms. The molecule has 0 saturated heterocycles. The van der Waals surface area contributed by atoms with Crippen molar-refractivity contribution in [2.45, 2.75) is 38.1 Å². The molecule has 1 heterocycles. The largest absolute Gasteiger partial charge is 0.440 e. The first-order valence-corrected chi connectivity index (χ1v) is 5.87. The van der Waals surface area contributed by atoms with Crippen molar-refractivity contribution in [3.8, 4) is 0 Å². The summed E-state index contributed by atoms with van der Waals surface area (Å²) in [6.45, 7) is 2.06. The molecule has 2 unspecified atom stereocenters. The van der Waals surface area contributed by atoms with Gasteiger partial charge in [0.05, 0.1) is 5.92 Å². The van der Waals surface area contributed by atoms with E-state index in [2.05, 4.69) is 18.0 Å². The van der Waals surface area contributed by atoms with Gasteiger partial charge in [0, 0.05) is 6.04 Å². The van der Waals surface area contributed by atoms with Crippen molar-refractivity contribution in [2.24, 2.45) is 5.73 Å². The molecule has 3 nitrogen and oxygen atoms in total. The van der Waals surface area contributed by atoms with Gasteiger partial charge >= 0.3 is 0 Å². The highest BCUT2D eigenvalue weighted by atomic mass is 16.3. The lowest BCUT2D eigenvalue weighted by Crippen LogP contribution is -2.22. The second kappa shape index (κ2) is 3.59. The number of fused-ring (bicyclic) bond motifs is 1. The number of benzene rings is 1. The SMILES string of the molecule is Cc1cccc2oc(C3CCCC3N)nc12. The van der Waals surface area contributed by atoms with Crippen molar-refractivity contribution in [3.63, 3.8) is 0 Å². The van der Waals surface area contributed by atoms with Crippen molar-refractivity contribution >= 4 is 11.1 Å². The van der Waals surface area contributed by atoms with Crippen LogP contribution < -0.4 is 5.73 Å². The lowest BCUT2D eigenvalue weighted by atomic mass is 10.1. The van der Waals surface area contributed by atoms with Gasteiger partial charge in [-0.3, -0.25) is 0 Å². The first kappa shape index (κ1) is 9.85. The minimum Gasteiger partial charge on any atom is -0.440 e. The molecule has 2 aromatic rings. The van der Waals surface area contributed by atoms with Crippen molar-refractivity contribution < 1.29 is 4.42 Å². The molecule has 1 aliphatic carbocycles. The Bertz CT molecular complexity index is 518. The Kier molecular flexibility index (Phi) is 2.21. The van der Waals surface area contributed by atoms with Crippen LogP contribution in [0.15, 0.2) is 22.6 Å². The van der Waals surface area contributed by atoms with Crippen molar-refractivity contribution in [1.29, 1.82) is 0 Å². The van der Waals surface area contributed by atoms with Crippen LogP contribution in [-0.4, -0.2) is 11.0 Å². The topological polar surface area (TPSA) is 52.0 Å². The number of para-hydroxylation sites is 1. The maximum atomic E-state index is 6.07. The smallest absolute Gasteiger partial charge is 0.200 e. The van der Waals surface area contributed by atoms with Gasteiger partial charge < -0.3 is 10.2 Å². The summed E-state index contributed by atoms with van der Waals surface area (Å²) in [5.41, 5.74) is 9.10. The Labute approximate surface area is 94.7 Å². The van der Waals surface area contributed by atoms with E-state index in [0.29, 0.717) is 5.92 Å². The molecule has 2 atom stereocenters. The van der Waals surface area contributed by atoms with Gasteiger partial charge in [0.25, 0.3) is 0 Å². The quantitative estimate of drug-likeness (QED) is 0.797. The summed E-state index contributed by atoms with van der Waals surface area (Å²) in [4.78, 5) is 4.60. The summed E-state index contributed by atoms with van der Waals surface area (Å²) in [5, 5.41) is 0. The second-order valence-electron chi connectivity index (χ2n) is 4.68. The molecule has 1 saturated carbocycles. The second-order valence-corrected chi connectivity index (χ2v) is 4.68. The van der Waals surface area contributed by atoms with E-state index in [9.17, 15) is 0 Å². The number of rotatable bonds is 1. The van der Waals surface area contributed by atoms with Gasteiger partial charge in [0.15, 0.2) is 11.5 Å². The molecular formula is C13H16N2O. The van der Waals surface area contributed by atoms with E-state index in [-0.39, 0.29) is 6.04 Å². The summed E-state index contributed by atoms with van der Waals surface area (Å²) in [7, 11) is 0. The van der Waals surface area contributed by atoms with Crippen LogP contribution in [0.25, 0.3) is 11.1 Å². The average Bonchev–Trinajstić information content (AvgIpc) is 2.84. The zero-order valence-electron chi connectivity index (χ0n) is 9.44. The summed E-state index contributed by atoms with van der Waals surface area (Å²) in [6.07, 6.45) is 3.37. The number of hydrogen-bond acceptors (Lipinski definition) is 3. The molecule has 1 aromatic heterocycles. The molecule has 84 valence electrons. The van der Waals surface area contributed by atoms with E-state index in [4.69, 9.17) is 10.2 Å². The van der Waals surface area contributed by atoms with Crippen LogP contribution in [0.5, 0.6) is 0 Å². The van der Waals surface area contributed by atoms with Crippen LogP contribution in [0.2, 0.25) is 0 Å². The normalized spacial score (nSPS) is 25.4. The molecule has 3 heteroatoms. The Morgan fingerprint density at radius 3 is 2.94 bits per heavy atom. The maximum Gasteiger partial charge on any atom is 0.200 e. The van der Waals surface area contributed by atoms with E-state index in [0.717, 1.165) is 29.8 Å². The minimum absolute atomic E-state index is 0.216. The van der Waals surface area contributed by atoms with Crippen LogP contribution in [0.1, 0.15) is 36.6 Å². The molecule has 2 N–H and O–H groups in total.